The molecule has 0 spiro atoms. The standard InChI is InChI=1S/C17H18FN3O3S/c18-13-5-3-11(4-6-13)14-8-20-17(24-14)25-10-15(22)21-7-1-2-12(9-21)16(19)23/h3-6,8,12H,1-2,7,9-10H2,(H2,19,23). The predicted molar refractivity (Wildman–Crippen MR) is 91.1 cm³/mol. The zero-order valence-electron chi connectivity index (χ0n) is 13.5. The maximum Gasteiger partial charge on any atom is 0.256 e. The third-order valence-corrected chi connectivity index (χ3v) is 4.94. The number of nitrogens with two attached hydrogens (primary N) is 1. The molecule has 132 valence electrons. The summed E-state index contributed by atoms with van der Waals surface area (Å²) in [7, 11) is 0. The zero-order chi connectivity index (χ0) is 17.8. The van der Waals surface area contributed by atoms with E-state index in [2.05, 4.69) is 4.98 Å². The van der Waals surface area contributed by atoms with Crippen molar-refractivity contribution in [3.05, 3.63) is 36.3 Å². The van der Waals surface area contributed by atoms with Gasteiger partial charge in [-0.15, -0.1) is 0 Å². The van der Waals surface area contributed by atoms with Gasteiger partial charge in [0.1, 0.15) is 5.82 Å². The Kier molecular flexibility index (Phi) is 5.37. The summed E-state index contributed by atoms with van der Waals surface area (Å²) in [4.78, 5) is 29.4. The first-order valence-corrected chi connectivity index (χ1v) is 8.93. The fourth-order valence-electron chi connectivity index (χ4n) is 2.72. The van der Waals surface area contributed by atoms with E-state index < -0.39 is 0 Å². The number of carbonyl (C=O) groups is 2. The third kappa shape index (κ3) is 4.39. The van der Waals surface area contributed by atoms with Gasteiger partial charge in [-0.3, -0.25) is 9.59 Å². The lowest BCUT2D eigenvalue weighted by Crippen LogP contribution is -2.44. The SMILES string of the molecule is NC(=O)C1CCCN(C(=O)CSc2ncc(-c3ccc(F)cc3)o2)C1. The van der Waals surface area contributed by atoms with Crippen LogP contribution in [0.25, 0.3) is 11.3 Å². The molecule has 0 radical (unpaired) electrons. The molecular weight excluding hydrogens is 345 g/mol. The van der Waals surface area contributed by atoms with Crippen LogP contribution in [0, 0.1) is 11.7 Å². The van der Waals surface area contributed by atoms with Gasteiger partial charge in [-0.25, -0.2) is 9.37 Å². The van der Waals surface area contributed by atoms with E-state index in [0.717, 1.165) is 12.8 Å². The number of nitrogens with zero attached hydrogens (tertiary/aromatic N) is 2. The lowest BCUT2D eigenvalue weighted by atomic mass is 9.97. The average molecular weight is 363 g/mol. The first kappa shape index (κ1) is 17.5. The van der Waals surface area contributed by atoms with Gasteiger partial charge in [-0.05, 0) is 37.1 Å². The molecule has 0 bridgehead atoms. The minimum atomic E-state index is -0.359. The van der Waals surface area contributed by atoms with E-state index in [1.807, 2.05) is 0 Å². The molecule has 0 aliphatic carbocycles. The van der Waals surface area contributed by atoms with Gasteiger partial charge in [-0.1, -0.05) is 11.8 Å². The molecule has 1 fully saturated rings. The van der Waals surface area contributed by atoms with Crippen molar-refractivity contribution >= 4 is 23.6 Å². The van der Waals surface area contributed by atoms with Crippen LogP contribution in [0.1, 0.15) is 12.8 Å². The minimum absolute atomic E-state index is 0.0718. The van der Waals surface area contributed by atoms with Crippen LogP contribution in [0.2, 0.25) is 0 Å². The van der Waals surface area contributed by atoms with Crippen molar-refractivity contribution < 1.29 is 18.4 Å². The van der Waals surface area contributed by atoms with Gasteiger partial charge in [0.05, 0.1) is 17.9 Å². The predicted octanol–water partition coefficient (Wildman–Crippen LogP) is 2.30. The lowest BCUT2D eigenvalue weighted by Gasteiger charge is -2.31. The second-order valence-electron chi connectivity index (χ2n) is 5.87. The largest absolute Gasteiger partial charge is 0.431 e. The van der Waals surface area contributed by atoms with Crippen LogP contribution in [0.15, 0.2) is 40.1 Å². The van der Waals surface area contributed by atoms with Crippen molar-refractivity contribution in [2.24, 2.45) is 11.7 Å². The second kappa shape index (κ2) is 7.69. The molecule has 3 rings (SSSR count). The molecule has 1 aromatic carbocycles. The van der Waals surface area contributed by atoms with Gasteiger partial charge in [0, 0.05) is 18.7 Å². The Morgan fingerprint density at radius 1 is 1.36 bits per heavy atom. The summed E-state index contributed by atoms with van der Waals surface area (Å²) in [5.74, 6) is -0.329. The van der Waals surface area contributed by atoms with Crippen molar-refractivity contribution in [3.63, 3.8) is 0 Å². The van der Waals surface area contributed by atoms with Gasteiger partial charge in [0.25, 0.3) is 5.22 Å². The molecule has 1 aliphatic heterocycles. The van der Waals surface area contributed by atoms with Crippen LogP contribution >= 0.6 is 11.8 Å². The molecule has 2 N–H and O–H groups in total. The van der Waals surface area contributed by atoms with E-state index >= 15 is 0 Å². The van der Waals surface area contributed by atoms with Gasteiger partial charge >= 0.3 is 0 Å². The Morgan fingerprint density at radius 3 is 2.84 bits per heavy atom. The van der Waals surface area contributed by atoms with Gasteiger partial charge < -0.3 is 15.1 Å². The van der Waals surface area contributed by atoms with E-state index in [-0.39, 0.29) is 29.3 Å². The fraction of sp³-hybridized carbons (Fsp3) is 0.353. The number of halogens is 1. The molecule has 1 aliphatic rings. The number of benzene rings is 1. The van der Waals surface area contributed by atoms with Crippen molar-refractivity contribution in [1.29, 1.82) is 0 Å². The number of likely N-dealkylation sites (tertiary alicyclic amines) is 1. The summed E-state index contributed by atoms with van der Waals surface area (Å²) in [5, 5.41) is 0.371. The van der Waals surface area contributed by atoms with E-state index in [9.17, 15) is 14.0 Å². The number of hydrogen-bond acceptors (Lipinski definition) is 5. The highest BCUT2D eigenvalue weighted by Crippen LogP contribution is 2.26. The number of primary amides is 1. The monoisotopic (exact) mass is 363 g/mol. The normalized spacial score (nSPS) is 17.5. The molecule has 8 heteroatoms. The molecule has 2 amide bonds. The molecule has 1 atom stereocenters. The van der Waals surface area contributed by atoms with Crippen LogP contribution in [0.3, 0.4) is 0 Å². The number of aromatic nitrogens is 1. The maximum atomic E-state index is 13.0. The van der Waals surface area contributed by atoms with E-state index in [1.54, 1.807) is 23.2 Å². The number of amides is 2. The van der Waals surface area contributed by atoms with Crippen LogP contribution in [-0.4, -0.2) is 40.5 Å². The molecule has 1 saturated heterocycles. The quantitative estimate of drug-likeness (QED) is 0.824. The topological polar surface area (TPSA) is 89.4 Å². The maximum absolute atomic E-state index is 13.0. The number of piperidine rings is 1. The molecular formula is C17H18FN3O3S. The lowest BCUT2D eigenvalue weighted by molar-refractivity contribution is -0.132. The highest BCUT2D eigenvalue weighted by Gasteiger charge is 2.27. The number of thioether (sulfide) groups is 1. The van der Waals surface area contributed by atoms with E-state index in [4.69, 9.17) is 10.2 Å². The highest BCUT2D eigenvalue weighted by atomic mass is 32.2. The fourth-order valence-corrected chi connectivity index (χ4v) is 3.43. The summed E-state index contributed by atoms with van der Waals surface area (Å²) in [6.07, 6.45) is 3.05. The van der Waals surface area contributed by atoms with Gasteiger partial charge in [0.2, 0.25) is 11.8 Å². The van der Waals surface area contributed by atoms with Crippen LogP contribution in [-0.2, 0) is 9.59 Å². The van der Waals surface area contributed by atoms with Crippen molar-refractivity contribution in [2.75, 3.05) is 18.8 Å². The minimum Gasteiger partial charge on any atom is -0.431 e. The zero-order valence-corrected chi connectivity index (χ0v) is 14.3. The summed E-state index contributed by atoms with van der Waals surface area (Å²) >= 11 is 1.19. The number of rotatable bonds is 5. The Labute approximate surface area is 148 Å². The van der Waals surface area contributed by atoms with Gasteiger partial charge in [-0.2, -0.15) is 0 Å². The molecule has 25 heavy (non-hydrogen) atoms. The molecule has 1 unspecified atom stereocenters. The summed E-state index contributed by atoms with van der Waals surface area (Å²) in [5.41, 5.74) is 6.05. The molecule has 2 heterocycles. The van der Waals surface area contributed by atoms with Crippen LogP contribution in [0.4, 0.5) is 4.39 Å². The first-order valence-electron chi connectivity index (χ1n) is 7.94. The number of hydrogen-bond donors (Lipinski definition) is 1. The summed E-state index contributed by atoms with van der Waals surface area (Å²) in [6, 6.07) is 5.90. The summed E-state index contributed by atoms with van der Waals surface area (Å²) < 4.78 is 18.5. The smallest absolute Gasteiger partial charge is 0.256 e. The highest BCUT2D eigenvalue weighted by molar-refractivity contribution is 7.99. The first-order chi connectivity index (χ1) is 12.0. The van der Waals surface area contributed by atoms with Crippen LogP contribution in [0.5, 0.6) is 0 Å². The van der Waals surface area contributed by atoms with Crippen molar-refractivity contribution in [2.45, 2.75) is 18.1 Å². The average Bonchev–Trinajstić information content (AvgIpc) is 3.09. The Morgan fingerprint density at radius 2 is 2.12 bits per heavy atom. The Balaban J connectivity index is 1.56. The molecule has 1 aromatic heterocycles. The van der Waals surface area contributed by atoms with Crippen LogP contribution < -0.4 is 5.73 Å². The van der Waals surface area contributed by atoms with Crippen molar-refractivity contribution in [1.82, 2.24) is 9.88 Å². The second-order valence-corrected chi connectivity index (χ2v) is 6.79. The Hall–Kier alpha value is -2.35. The van der Waals surface area contributed by atoms with Crippen molar-refractivity contribution in [3.8, 4) is 11.3 Å². The number of oxazole rings is 1. The molecule has 0 saturated carbocycles. The number of carbonyl (C=O) groups excluding carboxylic acids is 2. The van der Waals surface area contributed by atoms with E-state index in [0.29, 0.717) is 29.6 Å². The molecule has 2 aromatic rings. The Bertz CT molecular complexity index is 763. The van der Waals surface area contributed by atoms with E-state index in [1.165, 1.54) is 23.9 Å². The third-order valence-electron chi connectivity index (χ3n) is 4.11. The summed E-state index contributed by atoms with van der Waals surface area (Å²) in [6.45, 7) is 1.01. The molecule has 6 nitrogen and oxygen atoms in total. The van der Waals surface area contributed by atoms with Gasteiger partial charge in [0.15, 0.2) is 5.76 Å².